The van der Waals surface area contributed by atoms with Crippen LogP contribution < -0.4 is 10.1 Å². The third-order valence-corrected chi connectivity index (χ3v) is 5.31. The van der Waals surface area contributed by atoms with Crippen molar-refractivity contribution in [1.82, 2.24) is 20.3 Å². The Morgan fingerprint density at radius 3 is 2.58 bits per heavy atom. The topological polar surface area (TPSA) is 62.6 Å². The molecule has 0 bridgehead atoms. The van der Waals surface area contributed by atoms with Crippen molar-refractivity contribution in [3.8, 4) is 5.75 Å². The summed E-state index contributed by atoms with van der Waals surface area (Å²) in [5.41, 5.74) is 5.06. The molecule has 1 aliphatic heterocycles. The van der Waals surface area contributed by atoms with Gasteiger partial charge in [0.2, 0.25) is 0 Å². The Morgan fingerprint density at radius 2 is 1.91 bits per heavy atom. The molecule has 1 aromatic heterocycles. The number of allylic oxidation sites excluding steroid dienone is 3. The Morgan fingerprint density at radius 1 is 1.18 bits per heavy atom. The van der Waals surface area contributed by atoms with Gasteiger partial charge in [-0.1, -0.05) is 18.2 Å². The normalized spacial score (nSPS) is 16.4. The first-order valence-corrected chi connectivity index (χ1v) is 10.5. The van der Waals surface area contributed by atoms with E-state index in [1.807, 2.05) is 31.1 Å². The molecular weight excluding hydrogens is 455 g/mol. The van der Waals surface area contributed by atoms with Gasteiger partial charge in [0, 0.05) is 35.7 Å². The highest BCUT2D eigenvalue weighted by atomic mass is 35.5. The molecular formula is C23H21ClF3N5O. The number of nitrogens with zero attached hydrogens (tertiary/aromatic N) is 4. The molecule has 2 aromatic rings. The van der Waals surface area contributed by atoms with E-state index in [1.165, 1.54) is 17.7 Å². The molecule has 4 rings (SSSR count). The van der Waals surface area contributed by atoms with Crippen LogP contribution in [0.5, 0.6) is 5.75 Å². The van der Waals surface area contributed by atoms with E-state index in [2.05, 4.69) is 31.7 Å². The molecule has 1 N–H and O–H groups in total. The summed E-state index contributed by atoms with van der Waals surface area (Å²) in [6.07, 6.45) is 4.45. The molecule has 172 valence electrons. The van der Waals surface area contributed by atoms with Crippen molar-refractivity contribution in [1.29, 1.82) is 0 Å². The third-order valence-electron chi connectivity index (χ3n) is 5.09. The molecule has 0 radical (unpaired) electrons. The fourth-order valence-electron chi connectivity index (χ4n) is 3.51. The van der Waals surface area contributed by atoms with Gasteiger partial charge in [-0.25, -0.2) is 0 Å². The number of likely N-dealkylation sites (N-methyl/N-ethyl adjacent to an activating group) is 1. The highest BCUT2D eigenvalue weighted by molar-refractivity contribution is 6.30. The van der Waals surface area contributed by atoms with Crippen LogP contribution >= 0.6 is 11.6 Å². The van der Waals surface area contributed by atoms with Crippen LogP contribution in [0, 0.1) is 0 Å². The SMILES string of the molecule is C=C(NC(C)c1nccnc1C1=NN(C)C(=C2CC2)C=C1)c1cc(Cl)cc(OC(F)(F)F)c1. The summed E-state index contributed by atoms with van der Waals surface area (Å²) in [6.45, 7) is 5.80. The van der Waals surface area contributed by atoms with E-state index in [9.17, 15) is 13.2 Å². The fraction of sp³-hybridized carbons (Fsp3) is 0.261. The number of halogens is 4. The Bertz CT molecular complexity index is 1180. The first-order chi connectivity index (χ1) is 15.6. The van der Waals surface area contributed by atoms with Gasteiger partial charge >= 0.3 is 6.36 Å². The van der Waals surface area contributed by atoms with Gasteiger partial charge in [0.25, 0.3) is 0 Å². The summed E-state index contributed by atoms with van der Waals surface area (Å²) in [4.78, 5) is 8.93. The van der Waals surface area contributed by atoms with E-state index in [4.69, 9.17) is 11.6 Å². The lowest BCUT2D eigenvalue weighted by Crippen LogP contribution is -2.24. The van der Waals surface area contributed by atoms with E-state index in [0.717, 1.165) is 24.6 Å². The molecule has 10 heteroatoms. The third kappa shape index (κ3) is 5.54. The Balaban J connectivity index is 1.55. The molecule has 0 saturated heterocycles. The van der Waals surface area contributed by atoms with Gasteiger partial charge in [-0.3, -0.25) is 15.0 Å². The minimum Gasteiger partial charge on any atom is -0.406 e. The van der Waals surface area contributed by atoms with E-state index in [-0.39, 0.29) is 11.1 Å². The number of hydrogen-bond acceptors (Lipinski definition) is 6. The smallest absolute Gasteiger partial charge is 0.406 e. The lowest BCUT2D eigenvalue weighted by Gasteiger charge is -2.23. The molecule has 1 aromatic carbocycles. The average molecular weight is 476 g/mol. The number of hydrazone groups is 1. The molecule has 1 saturated carbocycles. The lowest BCUT2D eigenvalue weighted by molar-refractivity contribution is -0.274. The van der Waals surface area contributed by atoms with Crippen LogP contribution in [-0.4, -0.2) is 34.1 Å². The number of hydrogen-bond donors (Lipinski definition) is 1. The van der Waals surface area contributed by atoms with Crippen molar-refractivity contribution < 1.29 is 17.9 Å². The first kappa shape index (κ1) is 22.8. The van der Waals surface area contributed by atoms with Crippen molar-refractivity contribution in [2.75, 3.05) is 7.05 Å². The predicted molar refractivity (Wildman–Crippen MR) is 120 cm³/mol. The second-order valence-electron chi connectivity index (χ2n) is 7.69. The molecule has 1 unspecified atom stereocenters. The van der Waals surface area contributed by atoms with Gasteiger partial charge in [-0.2, -0.15) is 5.10 Å². The molecule has 6 nitrogen and oxygen atoms in total. The number of rotatable bonds is 6. The van der Waals surface area contributed by atoms with Crippen LogP contribution in [0.15, 0.2) is 65.7 Å². The number of alkyl halides is 3. The molecule has 1 fully saturated rings. The van der Waals surface area contributed by atoms with E-state index < -0.39 is 12.1 Å². The zero-order valence-corrected chi connectivity index (χ0v) is 18.7. The van der Waals surface area contributed by atoms with Gasteiger partial charge in [0.05, 0.1) is 17.4 Å². The van der Waals surface area contributed by atoms with Crippen LogP contribution in [-0.2, 0) is 0 Å². The monoisotopic (exact) mass is 475 g/mol. The molecule has 2 heterocycles. The molecule has 0 spiro atoms. The van der Waals surface area contributed by atoms with Crippen molar-refractivity contribution in [3.05, 3.63) is 82.6 Å². The van der Waals surface area contributed by atoms with Crippen LogP contribution in [0.3, 0.4) is 0 Å². The van der Waals surface area contributed by atoms with Crippen LogP contribution in [0.2, 0.25) is 5.02 Å². The Hall–Kier alpha value is -3.33. The van der Waals surface area contributed by atoms with E-state index in [1.54, 1.807) is 12.4 Å². The molecule has 2 aliphatic rings. The maximum absolute atomic E-state index is 12.6. The number of ether oxygens (including phenoxy) is 1. The highest BCUT2D eigenvalue weighted by Crippen LogP contribution is 2.35. The molecule has 0 amide bonds. The quantitative estimate of drug-likeness (QED) is 0.589. The van der Waals surface area contributed by atoms with Crippen LogP contribution in [0.25, 0.3) is 5.70 Å². The minimum absolute atomic E-state index is 0.0906. The largest absolute Gasteiger partial charge is 0.573 e. The fourth-order valence-corrected chi connectivity index (χ4v) is 3.74. The Labute approximate surface area is 194 Å². The van der Waals surface area contributed by atoms with E-state index >= 15 is 0 Å². The van der Waals surface area contributed by atoms with Crippen molar-refractivity contribution in [2.45, 2.75) is 32.2 Å². The second kappa shape index (κ2) is 8.90. The zero-order valence-electron chi connectivity index (χ0n) is 17.9. The molecule has 1 atom stereocenters. The molecule has 33 heavy (non-hydrogen) atoms. The lowest BCUT2D eigenvalue weighted by atomic mass is 10.1. The summed E-state index contributed by atoms with van der Waals surface area (Å²) >= 11 is 5.99. The predicted octanol–water partition coefficient (Wildman–Crippen LogP) is 5.60. The zero-order chi connectivity index (χ0) is 23.8. The van der Waals surface area contributed by atoms with Crippen molar-refractivity contribution >= 4 is 23.0 Å². The number of aromatic nitrogens is 2. The number of nitrogens with one attached hydrogen (secondary N) is 1. The summed E-state index contributed by atoms with van der Waals surface area (Å²) in [5.74, 6) is -0.425. The summed E-state index contributed by atoms with van der Waals surface area (Å²) < 4.78 is 41.8. The second-order valence-corrected chi connectivity index (χ2v) is 8.13. The maximum Gasteiger partial charge on any atom is 0.573 e. The van der Waals surface area contributed by atoms with Gasteiger partial charge in [-0.05, 0) is 55.7 Å². The van der Waals surface area contributed by atoms with Gasteiger partial charge in [0.15, 0.2) is 0 Å². The maximum atomic E-state index is 12.6. The van der Waals surface area contributed by atoms with Gasteiger partial charge < -0.3 is 10.1 Å². The summed E-state index contributed by atoms with van der Waals surface area (Å²) in [7, 11) is 1.89. The van der Waals surface area contributed by atoms with E-state index in [0.29, 0.717) is 28.4 Å². The van der Waals surface area contributed by atoms with Crippen molar-refractivity contribution in [3.63, 3.8) is 0 Å². The standard InChI is InChI=1S/C23H21ClF3N5O/c1-13(16-10-17(24)12-18(11-16)33-23(25,26)27)30-14(2)21-22(29-9-8-28-21)19-6-7-20(15-4-5-15)32(3)31-19/h6-12,14,30H,1,4-5H2,2-3H3. The van der Waals surface area contributed by atoms with Gasteiger partial charge in [0.1, 0.15) is 17.2 Å². The highest BCUT2D eigenvalue weighted by Gasteiger charge is 2.31. The first-order valence-electron chi connectivity index (χ1n) is 10.2. The Kier molecular flexibility index (Phi) is 6.16. The van der Waals surface area contributed by atoms with Crippen molar-refractivity contribution in [2.24, 2.45) is 5.10 Å². The summed E-state index contributed by atoms with van der Waals surface area (Å²) in [6, 6.07) is 3.43. The number of benzene rings is 1. The van der Waals surface area contributed by atoms with Gasteiger partial charge in [-0.15, -0.1) is 13.2 Å². The molecule has 1 aliphatic carbocycles. The summed E-state index contributed by atoms with van der Waals surface area (Å²) in [5, 5.41) is 9.73. The van der Waals surface area contributed by atoms with Crippen LogP contribution in [0.1, 0.15) is 42.8 Å². The minimum atomic E-state index is -4.82. The van der Waals surface area contributed by atoms with Crippen LogP contribution in [0.4, 0.5) is 13.2 Å². The average Bonchev–Trinajstić information content (AvgIpc) is 3.57.